The van der Waals surface area contributed by atoms with Crippen molar-refractivity contribution in [1.82, 2.24) is 9.71 Å². The van der Waals surface area contributed by atoms with Crippen LogP contribution in [0.1, 0.15) is 5.56 Å². The third-order valence-corrected chi connectivity index (χ3v) is 4.25. The molecule has 0 aliphatic carbocycles. The Bertz CT molecular complexity index is 780. The van der Waals surface area contributed by atoms with Crippen LogP contribution in [-0.4, -0.2) is 18.3 Å². The van der Waals surface area contributed by atoms with E-state index >= 15 is 0 Å². The van der Waals surface area contributed by atoms with Gasteiger partial charge < -0.3 is 0 Å². The molecular weight excluding hydrogens is 318 g/mol. The maximum absolute atomic E-state index is 12.1. The van der Waals surface area contributed by atoms with Gasteiger partial charge in [-0.15, -0.1) is 0 Å². The molecule has 0 spiro atoms. The van der Waals surface area contributed by atoms with Gasteiger partial charge in [0.25, 0.3) is 5.69 Å². The number of nitrogens with one attached hydrogen (secondary N) is 1. The van der Waals surface area contributed by atoms with E-state index in [2.05, 4.69) is 9.71 Å². The Morgan fingerprint density at radius 1 is 1.29 bits per heavy atom. The van der Waals surface area contributed by atoms with E-state index in [1.807, 2.05) is 0 Å². The fourth-order valence-corrected chi connectivity index (χ4v) is 2.90. The van der Waals surface area contributed by atoms with Crippen LogP contribution in [-0.2, 0) is 16.6 Å². The summed E-state index contributed by atoms with van der Waals surface area (Å²) in [7, 11) is -3.82. The van der Waals surface area contributed by atoms with Gasteiger partial charge in [-0.2, -0.15) is 0 Å². The number of halogens is 1. The maximum atomic E-state index is 12.1. The molecule has 0 amide bonds. The standard InChI is InChI=1S/C12H10ClN3O4S/c13-12-7-10(5-6-14-12)21(19,20)15-8-9-3-1-2-4-11(9)16(17)18/h1-7,15H,8H2. The van der Waals surface area contributed by atoms with E-state index in [4.69, 9.17) is 11.6 Å². The van der Waals surface area contributed by atoms with Crippen LogP contribution in [0, 0.1) is 10.1 Å². The van der Waals surface area contributed by atoms with Crippen molar-refractivity contribution < 1.29 is 13.3 Å². The second-order valence-corrected chi connectivity index (χ2v) is 6.18. The van der Waals surface area contributed by atoms with E-state index in [1.54, 1.807) is 6.07 Å². The van der Waals surface area contributed by atoms with Gasteiger partial charge in [0.2, 0.25) is 10.0 Å². The molecule has 1 N–H and O–H groups in total. The van der Waals surface area contributed by atoms with Crippen molar-refractivity contribution in [1.29, 1.82) is 0 Å². The van der Waals surface area contributed by atoms with Crippen LogP contribution >= 0.6 is 11.6 Å². The number of nitro benzene ring substituents is 1. The number of pyridine rings is 1. The first-order valence-corrected chi connectivity index (χ1v) is 7.60. The Labute approximate surface area is 125 Å². The number of nitro groups is 1. The fraction of sp³-hybridized carbons (Fsp3) is 0.0833. The molecule has 0 bridgehead atoms. The zero-order valence-electron chi connectivity index (χ0n) is 10.6. The molecule has 0 atom stereocenters. The molecule has 2 aromatic rings. The van der Waals surface area contributed by atoms with E-state index in [-0.39, 0.29) is 27.8 Å². The molecular formula is C12H10ClN3O4S. The predicted octanol–water partition coefficient (Wildman–Crippen LogP) is 2.12. The first-order chi connectivity index (χ1) is 9.90. The summed E-state index contributed by atoms with van der Waals surface area (Å²) in [6.45, 7) is -0.195. The molecule has 21 heavy (non-hydrogen) atoms. The SMILES string of the molecule is O=[N+]([O-])c1ccccc1CNS(=O)(=O)c1ccnc(Cl)c1. The molecule has 0 radical (unpaired) electrons. The molecule has 7 nitrogen and oxygen atoms in total. The Kier molecular flexibility index (Phi) is 4.51. The van der Waals surface area contributed by atoms with Crippen LogP contribution in [0.3, 0.4) is 0 Å². The van der Waals surface area contributed by atoms with Crippen LogP contribution in [0.15, 0.2) is 47.5 Å². The minimum absolute atomic E-state index is 0.0450. The average molecular weight is 328 g/mol. The van der Waals surface area contributed by atoms with Gasteiger partial charge in [-0.1, -0.05) is 29.8 Å². The number of nitrogens with zero attached hydrogens (tertiary/aromatic N) is 2. The Morgan fingerprint density at radius 2 is 2.00 bits per heavy atom. The molecule has 9 heteroatoms. The van der Waals surface area contributed by atoms with Crippen LogP contribution in [0.4, 0.5) is 5.69 Å². The summed E-state index contributed by atoms with van der Waals surface area (Å²) in [6.07, 6.45) is 1.27. The highest BCUT2D eigenvalue weighted by Gasteiger charge is 2.18. The molecule has 0 saturated heterocycles. The topological polar surface area (TPSA) is 102 Å². The summed E-state index contributed by atoms with van der Waals surface area (Å²) in [5, 5.41) is 10.9. The van der Waals surface area contributed by atoms with Gasteiger partial charge in [0.15, 0.2) is 0 Å². The maximum Gasteiger partial charge on any atom is 0.273 e. The average Bonchev–Trinajstić information content (AvgIpc) is 2.45. The number of rotatable bonds is 5. The van der Waals surface area contributed by atoms with Crippen molar-refractivity contribution in [3.63, 3.8) is 0 Å². The van der Waals surface area contributed by atoms with Crippen LogP contribution in [0.25, 0.3) is 0 Å². The summed E-state index contributed by atoms with van der Waals surface area (Å²) in [4.78, 5) is 13.9. The number of hydrogen-bond donors (Lipinski definition) is 1. The first-order valence-electron chi connectivity index (χ1n) is 5.73. The lowest BCUT2D eigenvalue weighted by Crippen LogP contribution is -2.23. The van der Waals surface area contributed by atoms with Crippen molar-refractivity contribution >= 4 is 27.3 Å². The van der Waals surface area contributed by atoms with Gasteiger partial charge in [-0.05, 0) is 12.1 Å². The first kappa shape index (κ1) is 15.4. The summed E-state index contributed by atoms with van der Waals surface area (Å²) in [5.41, 5.74) is 0.124. The van der Waals surface area contributed by atoms with Crippen molar-refractivity contribution in [3.05, 3.63) is 63.4 Å². The molecule has 2 rings (SSSR count). The van der Waals surface area contributed by atoms with E-state index in [0.29, 0.717) is 0 Å². The molecule has 1 heterocycles. The minimum atomic E-state index is -3.82. The van der Waals surface area contributed by atoms with Crippen molar-refractivity contribution in [2.24, 2.45) is 0 Å². The number of sulfonamides is 1. The predicted molar refractivity (Wildman–Crippen MR) is 76.4 cm³/mol. The highest BCUT2D eigenvalue weighted by molar-refractivity contribution is 7.89. The number of para-hydroxylation sites is 1. The van der Waals surface area contributed by atoms with E-state index in [0.717, 1.165) is 0 Å². The smallest absolute Gasteiger partial charge is 0.258 e. The van der Waals surface area contributed by atoms with Crippen molar-refractivity contribution in [2.75, 3.05) is 0 Å². The number of hydrogen-bond acceptors (Lipinski definition) is 5. The molecule has 0 saturated carbocycles. The molecule has 0 fully saturated rings. The van der Waals surface area contributed by atoms with Crippen molar-refractivity contribution in [2.45, 2.75) is 11.4 Å². The summed E-state index contributed by atoms with van der Waals surface area (Å²) in [5.74, 6) is 0. The molecule has 110 valence electrons. The zero-order valence-corrected chi connectivity index (χ0v) is 12.1. The van der Waals surface area contributed by atoms with Crippen molar-refractivity contribution in [3.8, 4) is 0 Å². The van der Waals surface area contributed by atoms with E-state index in [1.165, 1.54) is 36.5 Å². The highest BCUT2D eigenvalue weighted by Crippen LogP contribution is 2.19. The fourth-order valence-electron chi connectivity index (χ4n) is 1.65. The second-order valence-electron chi connectivity index (χ2n) is 4.02. The normalized spacial score (nSPS) is 11.3. The Morgan fingerprint density at radius 3 is 2.67 bits per heavy atom. The van der Waals surface area contributed by atoms with E-state index in [9.17, 15) is 18.5 Å². The van der Waals surface area contributed by atoms with Crippen LogP contribution in [0.2, 0.25) is 5.15 Å². The van der Waals surface area contributed by atoms with Gasteiger partial charge >= 0.3 is 0 Å². The highest BCUT2D eigenvalue weighted by atomic mass is 35.5. The van der Waals surface area contributed by atoms with Crippen LogP contribution in [0.5, 0.6) is 0 Å². The molecule has 0 aliphatic heterocycles. The third-order valence-electron chi connectivity index (χ3n) is 2.65. The summed E-state index contributed by atoms with van der Waals surface area (Å²) < 4.78 is 26.4. The number of benzene rings is 1. The Hall–Kier alpha value is -2.03. The van der Waals surface area contributed by atoms with Gasteiger partial charge in [-0.25, -0.2) is 18.1 Å². The quantitative estimate of drug-likeness (QED) is 0.515. The summed E-state index contributed by atoms with van der Waals surface area (Å²) >= 11 is 5.64. The lowest BCUT2D eigenvalue weighted by atomic mass is 10.2. The van der Waals surface area contributed by atoms with Gasteiger partial charge in [0, 0.05) is 24.4 Å². The van der Waals surface area contributed by atoms with Gasteiger partial charge in [-0.3, -0.25) is 10.1 Å². The molecule has 0 unspecified atom stereocenters. The largest absolute Gasteiger partial charge is 0.273 e. The Balaban J connectivity index is 2.22. The lowest BCUT2D eigenvalue weighted by molar-refractivity contribution is -0.385. The van der Waals surface area contributed by atoms with E-state index < -0.39 is 14.9 Å². The third kappa shape index (κ3) is 3.75. The van der Waals surface area contributed by atoms with Gasteiger partial charge in [0.05, 0.1) is 9.82 Å². The van der Waals surface area contributed by atoms with Gasteiger partial charge in [0.1, 0.15) is 5.15 Å². The number of aromatic nitrogens is 1. The molecule has 0 aliphatic rings. The molecule has 1 aromatic carbocycles. The molecule has 1 aromatic heterocycles. The minimum Gasteiger partial charge on any atom is -0.258 e. The summed E-state index contributed by atoms with van der Waals surface area (Å²) in [6, 6.07) is 8.39. The monoisotopic (exact) mass is 327 g/mol. The lowest BCUT2D eigenvalue weighted by Gasteiger charge is -2.07. The zero-order chi connectivity index (χ0) is 15.5. The second kappa shape index (κ2) is 6.17. The van der Waals surface area contributed by atoms with Crippen LogP contribution < -0.4 is 4.72 Å².